The van der Waals surface area contributed by atoms with Gasteiger partial charge in [-0.25, -0.2) is 9.97 Å². The molecule has 0 amide bonds. The summed E-state index contributed by atoms with van der Waals surface area (Å²) >= 11 is 0. The van der Waals surface area contributed by atoms with Crippen LogP contribution in [0.1, 0.15) is 24.1 Å². The molecule has 1 saturated heterocycles. The summed E-state index contributed by atoms with van der Waals surface area (Å²) in [4.78, 5) is 8.46. The summed E-state index contributed by atoms with van der Waals surface area (Å²) in [6.45, 7) is 7.41. The summed E-state index contributed by atoms with van der Waals surface area (Å²) in [6.07, 6.45) is 4.15. The van der Waals surface area contributed by atoms with Gasteiger partial charge in [0, 0.05) is 17.8 Å². The van der Waals surface area contributed by atoms with Crippen molar-refractivity contribution in [3.8, 4) is 0 Å². The Morgan fingerprint density at radius 2 is 2.06 bits per heavy atom. The molecule has 4 nitrogen and oxygen atoms in total. The zero-order valence-electron chi connectivity index (χ0n) is 10.1. The third kappa shape index (κ3) is 2.70. The van der Waals surface area contributed by atoms with Gasteiger partial charge in [-0.15, -0.1) is 0 Å². The maximum absolute atomic E-state index is 4.29. The number of nitrogens with one attached hydrogen (secondary N) is 2. The molecule has 0 unspecified atom stereocenters. The Labute approximate surface area is 96.9 Å². The van der Waals surface area contributed by atoms with Crippen molar-refractivity contribution >= 4 is 5.82 Å². The van der Waals surface area contributed by atoms with Crippen LogP contribution in [-0.4, -0.2) is 29.6 Å². The van der Waals surface area contributed by atoms with Gasteiger partial charge in [0.1, 0.15) is 12.1 Å². The maximum Gasteiger partial charge on any atom is 0.132 e. The van der Waals surface area contributed by atoms with Crippen molar-refractivity contribution in [1.82, 2.24) is 15.3 Å². The Bertz CT molecular complexity index is 345. The molecule has 0 aromatic carbocycles. The van der Waals surface area contributed by atoms with Gasteiger partial charge in [-0.05, 0) is 45.7 Å². The Hall–Kier alpha value is -1.16. The molecular weight excluding hydrogens is 200 g/mol. The number of anilines is 1. The molecule has 0 atom stereocenters. The topological polar surface area (TPSA) is 49.8 Å². The van der Waals surface area contributed by atoms with Gasteiger partial charge in [0.15, 0.2) is 0 Å². The Morgan fingerprint density at radius 3 is 2.81 bits per heavy atom. The van der Waals surface area contributed by atoms with E-state index >= 15 is 0 Å². The molecule has 88 valence electrons. The second-order valence-corrected chi connectivity index (χ2v) is 4.51. The lowest BCUT2D eigenvalue weighted by atomic mass is 9.98. The molecule has 4 heteroatoms. The van der Waals surface area contributed by atoms with E-state index in [1.807, 2.05) is 6.92 Å². The van der Waals surface area contributed by atoms with E-state index in [-0.39, 0.29) is 0 Å². The first-order valence-corrected chi connectivity index (χ1v) is 6.00. The molecular formula is C12H20N4. The number of hydrogen-bond donors (Lipinski definition) is 2. The number of rotatable bonds is 3. The third-order valence-corrected chi connectivity index (χ3v) is 3.35. The van der Waals surface area contributed by atoms with Crippen LogP contribution in [0, 0.1) is 19.8 Å². The zero-order valence-corrected chi connectivity index (χ0v) is 10.1. The predicted molar refractivity (Wildman–Crippen MR) is 65.6 cm³/mol. The first-order chi connectivity index (χ1) is 7.77. The lowest BCUT2D eigenvalue weighted by molar-refractivity contribution is 0.389. The largest absolute Gasteiger partial charge is 0.369 e. The zero-order chi connectivity index (χ0) is 11.4. The maximum atomic E-state index is 4.29. The van der Waals surface area contributed by atoms with Crippen LogP contribution >= 0.6 is 0 Å². The molecule has 16 heavy (non-hydrogen) atoms. The highest BCUT2D eigenvalue weighted by Crippen LogP contribution is 2.16. The SMILES string of the molecule is Cc1ncnc(NCC2CCNCC2)c1C. The number of hydrogen-bond acceptors (Lipinski definition) is 4. The van der Waals surface area contributed by atoms with E-state index in [0.29, 0.717) is 0 Å². The number of aryl methyl sites for hydroxylation is 1. The summed E-state index contributed by atoms with van der Waals surface area (Å²) in [7, 11) is 0. The predicted octanol–water partition coefficient (Wildman–Crippen LogP) is 1.50. The molecule has 2 N–H and O–H groups in total. The molecule has 1 aromatic heterocycles. The molecule has 0 bridgehead atoms. The van der Waals surface area contributed by atoms with E-state index in [0.717, 1.165) is 42.6 Å². The fourth-order valence-corrected chi connectivity index (χ4v) is 2.04. The van der Waals surface area contributed by atoms with Crippen molar-refractivity contribution in [1.29, 1.82) is 0 Å². The quantitative estimate of drug-likeness (QED) is 0.810. The summed E-state index contributed by atoms with van der Waals surface area (Å²) in [5, 5.41) is 6.82. The van der Waals surface area contributed by atoms with Crippen LogP contribution < -0.4 is 10.6 Å². The van der Waals surface area contributed by atoms with Crippen LogP contribution in [0.3, 0.4) is 0 Å². The van der Waals surface area contributed by atoms with Gasteiger partial charge < -0.3 is 10.6 Å². The van der Waals surface area contributed by atoms with Crippen molar-refractivity contribution in [2.24, 2.45) is 5.92 Å². The summed E-state index contributed by atoms with van der Waals surface area (Å²) in [6, 6.07) is 0. The summed E-state index contributed by atoms with van der Waals surface area (Å²) in [5.41, 5.74) is 2.22. The summed E-state index contributed by atoms with van der Waals surface area (Å²) in [5.74, 6) is 1.77. The fourth-order valence-electron chi connectivity index (χ4n) is 2.04. The number of nitrogens with zero attached hydrogens (tertiary/aromatic N) is 2. The molecule has 0 saturated carbocycles. The molecule has 0 radical (unpaired) electrons. The molecule has 2 rings (SSSR count). The first-order valence-electron chi connectivity index (χ1n) is 6.00. The average Bonchev–Trinajstić information content (AvgIpc) is 2.32. The van der Waals surface area contributed by atoms with Crippen LogP contribution in [0.5, 0.6) is 0 Å². The minimum Gasteiger partial charge on any atom is -0.369 e. The molecule has 1 aliphatic heterocycles. The lowest BCUT2D eigenvalue weighted by Gasteiger charge is -2.23. The average molecular weight is 220 g/mol. The van der Waals surface area contributed by atoms with E-state index in [1.165, 1.54) is 12.8 Å². The number of aromatic nitrogens is 2. The lowest BCUT2D eigenvalue weighted by Crippen LogP contribution is -2.31. The van der Waals surface area contributed by atoms with Crippen LogP contribution in [0.4, 0.5) is 5.82 Å². The molecule has 1 aliphatic rings. The molecule has 2 heterocycles. The molecule has 0 aliphatic carbocycles. The highest BCUT2D eigenvalue weighted by Gasteiger charge is 2.13. The van der Waals surface area contributed by atoms with Gasteiger partial charge in [-0.3, -0.25) is 0 Å². The molecule has 1 fully saturated rings. The minimum absolute atomic E-state index is 0.774. The summed E-state index contributed by atoms with van der Waals surface area (Å²) < 4.78 is 0. The van der Waals surface area contributed by atoms with Crippen molar-refractivity contribution < 1.29 is 0 Å². The Balaban J connectivity index is 1.91. The van der Waals surface area contributed by atoms with E-state index in [4.69, 9.17) is 0 Å². The normalized spacial score (nSPS) is 17.4. The highest BCUT2D eigenvalue weighted by molar-refractivity contribution is 5.44. The van der Waals surface area contributed by atoms with E-state index in [1.54, 1.807) is 6.33 Å². The van der Waals surface area contributed by atoms with E-state index in [9.17, 15) is 0 Å². The molecule has 0 spiro atoms. The van der Waals surface area contributed by atoms with Crippen molar-refractivity contribution in [2.75, 3.05) is 25.0 Å². The second-order valence-electron chi connectivity index (χ2n) is 4.51. The van der Waals surface area contributed by atoms with Gasteiger partial charge in [0.05, 0.1) is 0 Å². The van der Waals surface area contributed by atoms with Gasteiger partial charge in [-0.2, -0.15) is 0 Å². The van der Waals surface area contributed by atoms with E-state index < -0.39 is 0 Å². The standard InChI is InChI=1S/C12H20N4/c1-9-10(2)15-8-16-12(9)14-7-11-3-5-13-6-4-11/h8,11,13H,3-7H2,1-2H3,(H,14,15,16). The first kappa shape index (κ1) is 11.3. The van der Waals surface area contributed by atoms with Gasteiger partial charge in [-0.1, -0.05) is 0 Å². The van der Waals surface area contributed by atoms with Crippen LogP contribution in [0.25, 0.3) is 0 Å². The van der Waals surface area contributed by atoms with Crippen molar-refractivity contribution in [3.05, 3.63) is 17.6 Å². The minimum atomic E-state index is 0.774. The van der Waals surface area contributed by atoms with Gasteiger partial charge in [0.2, 0.25) is 0 Å². The van der Waals surface area contributed by atoms with Gasteiger partial charge >= 0.3 is 0 Å². The smallest absolute Gasteiger partial charge is 0.132 e. The fraction of sp³-hybridized carbons (Fsp3) is 0.667. The highest BCUT2D eigenvalue weighted by atomic mass is 15.0. The van der Waals surface area contributed by atoms with Crippen molar-refractivity contribution in [2.45, 2.75) is 26.7 Å². The van der Waals surface area contributed by atoms with Crippen LogP contribution in [0.15, 0.2) is 6.33 Å². The second kappa shape index (κ2) is 5.25. The Morgan fingerprint density at radius 1 is 1.31 bits per heavy atom. The van der Waals surface area contributed by atoms with Crippen LogP contribution in [0.2, 0.25) is 0 Å². The van der Waals surface area contributed by atoms with Gasteiger partial charge in [0.25, 0.3) is 0 Å². The molecule has 1 aromatic rings. The van der Waals surface area contributed by atoms with E-state index in [2.05, 4.69) is 27.5 Å². The van der Waals surface area contributed by atoms with Crippen LogP contribution in [-0.2, 0) is 0 Å². The Kier molecular flexibility index (Phi) is 3.72. The number of piperidine rings is 1. The van der Waals surface area contributed by atoms with Crippen molar-refractivity contribution in [3.63, 3.8) is 0 Å². The third-order valence-electron chi connectivity index (χ3n) is 3.35. The monoisotopic (exact) mass is 220 g/mol.